The molecule has 1 heterocycles. The number of H-pyrrole nitrogens is 1. The first-order valence-corrected chi connectivity index (χ1v) is 11.5. The molecule has 0 radical (unpaired) electrons. The van der Waals surface area contributed by atoms with Crippen molar-refractivity contribution >= 4 is 48.5 Å². The number of hydrogen-bond acceptors (Lipinski definition) is 2. The topological polar surface area (TPSA) is 62.0 Å². The third kappa shape index (κ3) is 4.79. The average Bonchev–Trinajstić information content (AvgIpc) is 3.01. The summed E-state index contributed by atoms with van der Waals surface area (Å²) in [6.07, 6.45) is 8.35. The first-order valence-electron chi connectivity index (χ1n) is 8.89. The fraction of sp³-hybridized carbons (Fsp3) is 0.238. The van der Waals surface area contributed by atoms with Crippen LogP contribution in [-0.2, 0) is 22.9 Å². The van der Waals surface area contributed by atoms with Gasteiger partial charge < -0.3 is 4.98 Å². The minimum Gasteiger partial charge on any atom is -0.358 e. The van der Waals surface area contributed by atoms with Gasteiger partial charge in [0.2, 0.25) is 10.0 Å². The quantitative estimate of drug-likeness (QED) is 0.350. The van der Waals surface area contributed by atoms with Crippen molar-refractivity contribution in [1.82, 2.24) is 9.71 Å². The molecule has 0 saturated carbocycles. The Bertz CT molecular complexity index is 1120. The monoisotopic (exact) mass is 478 g/mol. The standard InChI is InChI=1S/C21H20BrClN2O2S/c1-2-3-4-7-19-17(21-18(22)6-5-8-20(21)25-19)13-14-24-28(26,27)16-11-9-15(23)10-12-16/h1,5-6,8-12,24-25H,3-4,7,13-14H2. The lowest BCUT2D eigenvalue weighted by Gasteiger charge is -2.09. The van der Waals surface area contributed by atoms with Gasteiger partial charge in [0.25, 0.3) is 0 Å². The summed E-state index contributed by atoms with van der Waals surface area (Å²) in [6.45, 7) is 0.293. The summed E-state index contributed by atoms with van der Waals surface area (Å²) >= 11 is 9.45. The molecule has 0 amide bonds. The maximum absolute atomic E-state index is 12.5. The number of hydrogen-bond donors (Lipinski definition) is 2. The van der Waals surface area contributed by atoms with E-state index in [-0.39, 0.29) is 4.90 Å². The number of halogens is 2. The molecule has 146 valence electrons. The van der Waals surface area contributed by atoms with Gasteiger partial charge in [-0.3, -0.25) is 0 Å². The normalized spacial score (nSPS) is 11.6. The van der Waals surface area contributed by atoms with Gasteiger partial charge in [0.15, 0.2) is 0 Å². The zero-order valence-electron chi connectivity index (χ0n) is 15.1. The van der Waals surface area contributed by atoms with Gasteiger partial charge in [0.1, 0.15) is 0 Å². The third-order valence-corrected chi connectivity index (χ3v) is 6.89. The second kappa shape index (κ2) is 9.15. The summed E-state index contributed by atoms with van der Waals surface area (Å²) < 4.78 is 28.7. The number of rotatable bonds is 8. The van der Waals surface area contributed by atoms with Crippen molar-refractivity contribution in [2.45, 2.75) is 30.6 Å². The van der Waals surface area contributed by atoms with E-state index in [1.165, 1.54) is 12.1 Å². The Hall–Kier alpha value is -1.78. The second-order valence-electron chi connectivity index (χ2n) is 6.40. The highest BCUT2D eigenvalue weighted by Crippen LogP contribution is 2.31. The van der Waals surface area contributed by atoms with Crippen molar-refractivity contribution in [2.24, 2.45) is 0 Å². The van der Waals surface area contributed by atoms with Gasteiger partial charge in [-0.05, 0) is 61.2 Å². The Morgan fingerprint density at radius 3 is 2.61 bits per heavy atom. The number of unbranched alkanes of at least 4 members (excludes halogenated alkanes) is 1. The molecule has 1 aromatic heterocycles. The highest BCUT2D eigenvalue weighted by Gasteiger charge is 2.17. The number of aryl methyl sites for hydroxylation is 1. The van der Waals surface area contributed by atoms with Crippen LogP contribution in [0.4, 0.5) is 0 Å². The highest BCUT2D eigenvalue weighted by atomic mass is 79.9. The van der Waals surface area contributed by atoms with Crippen LogP contribution in [0.1, 0.15) is 24.1 Å². The van der Waals surface area contributed by atoms with E-state index in [0.717, 1.165) is 39.5 Å². The summed E-state index contributed by atoms with van der Waals surface area (Å²) in [5.41, 5.74) is 3.24. The Balaban J connectivity index is 1.80. The van der Waals surface area contributed by atoms with Crippen LogP contribution in [0.3, 0.4) is 0 Å². The molecule has 0 aliphatic rings. The molecule has 0 bridgehead atoms. The summed E-state index contributed by atoms with van der Waals surface area (Å²) in [6, 6.07) is 12.1. The SMILES string of the molecule is C#CCCCc1[nH]c2cccc(Br)c2c1CCNS(=O)(=O)c1ccc(Cl)cc1. The maximum Gasteiger partial charge on any atom is 0.240 e. The van der Waals surface area contributed by atoms with Crippen LogP contribution in [0.15, 0.2) is 51.8 Å². The van der Waals surface area contributed by atoms with Gasteiger partial charge in [-0.25, -0.2) is 13.1 Å². The average molecular weight is 480 g/mol. The minimum atomic E-state index is -3.58. The van der Waals surface area contributed by atoms with Gasteiger partial charge >= 0.3 is 0 Å². The van der Waals surface area contributed by atoms with E-state index in [4.69, 9.17) is 18.0 Å². The zero-order chi connectivity index (χ0) is 20.1. The molecular weight excluding hydrogens is 460 g/mol. The molecule has 0 aliphatic heterocycles. The van der Waals surface area contributed by atoms with Crippen molar-refractivity contribution in [2.75, 3.05) is 6.54 Å². The molecule has 2 N–H and O–H groups in total. The van der Waals surface area contributed by atoms with Crippen molar-refractivity contribution in [3.8, 4) is 12.3 Å². The van der Waals surface area contributed by atoms with Crippen LogP contribution in [0.5, 0.6) is 0 Å². The molecule has 2 aromatic carbocycles. The molecule has 28 heavy (non-hydrogen) atoms. The summed E-state index contributed by atoms with van der Waals surface area (Å²) in [4.78, 5) is 3.66. The second-order valence-corrected chi connectivity index (χ2v) is 9.46. The van der Waals surface area contributed by atoms with E-state index in [2.05, 4.69) is 31.6 Å². The summed E-state index contributed by atoms with van der Waals surface area (Å²) in [5, 5.41) is 1.59. The summed E-state index contributed by atoms with van der Waals surface area (Å²) in [7, 11) is -3.58. The molecule has 3 rings (SSSR count). The van der Waals surface area contributed by atoms with Gasteiger partial charge in [-0.1, -0.05) is 33.6 Å². The molecule has 4 nitrogen and oxygen atoms in total. The van der Waals surface area contributed by atoms with Crippen molar-refractivity contribution in [1.29, 1.82) is 0 Å². The Labute approximate surface area is 178 Å². The van der Waals surface area contributed by atoms with Crippen molar-refractivity contribution in [3.63, 3.8) is 0 Å². The number of aromatic amines is 1. The first kappa shape index (κ1) is 20.9. The maximum atomic E-state index is 12.5. The van der Waals surface area contributed by atoms with E-state index in [1.54, 1.807) is 12.1 Å². The van der Waals surface area contributed by atoms with Gasteiger partial charge in [0, 0.05) is 39.1 Å². The third-order valence-electron chi connectivity index (χ3n) is 4.50. The molecule has 0 fully saturated rings. The number of nitrogens with one attached hydrogen (secondary N) is 2. The number of aromatic nitrogens is 1. The summed E-state index contributed by atoms with van der Waals surface area (Å²) in [5.74, 6) is 2.66. The predicted molar refractivity (Wildman–Crippen MR) is 118 cm³/mol. The molecular formula is C21H20BrClN2O2S. The van der Waals surface area contributed by atoms with E-state index in [0.29, 0.717) is 24.4 Å². The smallest absolute Gasteiger partial charge is 0.240 e. The van der Waals surface area contributed by atoms with Crippen LogP contribution < -0.4 is 4.72 Å². The number of fused-ring (bicyclic) bond motifs is 1. The van der Waals surface area contributed by atoms with Crippen LogP contribution in [0.2, 0.25) is 5.02 Å². The molecule has 0 aliphatic carbocycles. The Kier molecular flexibility index (Phi) is 6.84. The highest BCUT2D eigenvalue weighted by molar-refractivity contribution is 9.10. The van der Waals surface area contributed by atoms with Crippen LogP contribution in [0.25, 0.3) is 10.9 Å². The lowest BCUT2D eigenvalue weighted by Crippen LogP contribution is -2.26. The Morgan fingerprint density at radius 2 is 1.89 bits per heavy atom. The van der Waals surface area contributed by atoms with Crippen LogP contribution in [-0.4, -0.2) is 19.9 Å². The van der Waals surface area contributed by atoms with E-state index >= 15 is 0 Å². The molecule has 0 spiro atoms. The van der Waals surface area contributed by atoms with E-state index < -0.39 is 10.0 Å². The largest absolute Gasteiger partial charge is 0.358 e. The number of benzene rings is 2. The predicted octanol–water partition coefficient (Wildman–Crippen LogP) is 5.06. The van der Waals surface area contributed by atoms with Crippen molar-refractivity contribution < 1.29 is 8.42 Å². The lowest BCUT2D eigenvalue weighted by atomic mass is 10.0. The van der Waals surface area contributed by atoms with Gasteiger partial charge in [-0.2, -0.15) is 0 Å². The number of terminal acetylenes is 1. The molecule has 7 heteroatoms. The first-order chi connectivity index (χ1) is 13.4. The lowest BCUT2D eigenvalue weighted by molar-refractivity contribution is 0.581. The minimum absolute atomic E-state index is 0.200. The molecule has 0 atom stereocenters. The van der Waals surface area contributed by atoms with Crippen LogP contribution >= 0.6 is 27.5 Å². The van der Waals surface area contributed by atoms with E-state index in [1.807, 2.05) is 18.2 Å². The van der Waals surface area contributed by atoms with E-state index in [9.17, 15) is 8.42 Å². The molecule has 3 aromatic rings. The fourth-order valence-corrected chi connectivity index (χ4v) is 4.95. The van der Waals surface area contributed by atoms with Gasteiger partial charge in [0.05, 0.1) is 4.90 Å². The Morgan fingerprint density at radius 1 is 1.14 bits per heavy atom. The van der Waals surface area contributed by atoms with Crippen LogP contribution in [0, 0.1) is 12.3 Å². The zero-order valence-corrected chi connectivity index (χ0v) is 18.3. The molecule has 0 saturated heterocycles. The fourth-order valence-electron chi connectivity index (χ4n) is 3.19. The molecule has 0 unspecified atom stereocenters. The number of sulfonamides is 1. The van der Waals surface area contributed by atoms with Crippen molar-refractivity contribution in [3.05, 3.63) is 63.2 Å². The van der Waals surface area contributed by atoms with Gasteiger partial charge in [-0.15, -0.1) is 12.3 Å².